The van der Waals surface area contributed by atoms with Crippen LogP contribution >= 0.6 is 0 Å². The van der Waals surface area contributed by atoms with Crippen LogP contribution in [0.25, 0.3) is 0 Å². The summed E-state index contributed by atoms with van der Waals surface area (Å²) in [5.74, 6) is 0. The number of rotatable bonds is 15. The normalized spacial score (nSPS) is 12.6. The van der Waals surface area contributed by atoms with Crippen molar-refractivity contribution in [2.45, 2.75) is 103 Å². The van der Waals surface area contributed by atoms with Crippen LogP contribution in [0.1, 0.15) is 96.8 Å². The van der Waals surface area contributed by atoms with E-state index >= 15 is 0 Å². The van der Waals surface area contributed by atoms with E-state index in [4.69, 9.17) is 10.4 Å². The number of nitrogens with zero attached hydrogens (tertiary/aromatic N) is 1. The van der Waals surface area contributed by atoms with Crippen molar-refractivity contribution < 1.29 is 5.11 Å². The molecule has 1 atom stereocenters. The third-order valence-electron chi connectivity index (χ3n) is 3.89. The summed E-state index contributed by atoms with van der Waals surface area (Å²) in [4.78, 5) is 0. The molecule has 2 heteroatoms. The number of unbranched alkanes of at least 4 members (excludes halogenated alkanes) is 11. The van der Waals surface area contributed by atoms with Crippen LogP contribution in [0.2, 0.25) is 0 Å². The fourth-order valence-electron chi connectivity index (χ4n) is 2.47. The van der Waals surface area contributed by atoms with Crippen LogP contribution in [0.3, 0.4) is 0 Å². The monoisotopic (exact) mass is 293 g/mol. The number of nitriles is 1. The van der Waals surface area contributed by atoms with Crippen LogP contribution < -0.4 is 0 Å². The van der Waals surface area contributed by atoms with Gasteiger partial charge in [0.2, 0.25) is 0 Å². The van der Waals surface area contributed by atoms with E-state index in [9.17, 15) is 0 Å². The predicted octanol–water partition coefficient (Wildman–Crippen LogP) is 5.91. The Morgan fingerprint density at radius 2 is 1.29 bits per heavy atom. The van der Waals surface area contributed by atoms with E-state index in [1.54, 1.807) is 0 Å². The first kappa shape index (κ1) is 20.2. The second-order valence-corrected chi connectivity index (χ2v) is 6.02. The van der Waals surface area contributed by atoms with Crippen molar-refractivity contribution in [3.05, 3.63) is 12.2 Å². The van der Waals surface area contributed by atoms with Gasteiger partial charge in [-0.1, -0.05) is 70.4 Å². The van der Waals surface area contributed by atoms with Crippen LogP contribution in [-0.4, -0.2) is 11.2 Å². The summed E-state index contributed by atoms with van der Waals surface area (Å²) in [6.45, 7) is 2.26. The Bertz CT molecular complexity index is 267. The van der Waals surface area contributed by atoms with Gasteiger partial charge in [-0.05, 0) is 38.5 Å². The molecule has 0 aromatic carbocycles. The smallest absolute Gasteiger partial charge is 0.140 e. The van der Waals surface area contributed by atoms with E-state index in [2.05, 4.69) is 19.1 Å². The molecule has 122 valence electrons. The first-order valence-corrected chi connectivity index (χ1v) is 9.04. The Hall–Kier alpha value is -0.810. The van der Waals surface area contributed by atoms with Gasteiger partial charge in [-0.15, -0.1) is 0 Å². The molecule has 0 rings (SSSR count). The Balaban J connectivity index is 3.10. The van der Waals surface area contributed by atoms with Gasteiger partial charge in [0, 0.05) is 0 Å². The van der Waals surface area contributed by atoms with Gasteiger partial charge >= 0.3 is 0 Å². The summed E-state index contributed by atoms with van der Waals surface area (Å²) >= 11 is 0. The Morgan fingerprint density at radius 1 is 0.810 bits per heavy atom. The lowest BCUT2D eigenvalue weighted by atomic mass is 10.1. The van der Waals surface area contributed by atoms with Gasteiger partial charge in [-0.3, -0.25) is 0 Å². The van der Waals surface area contributed by atoms with Crippen LogP contribution in [-0.2, 0) is 0 Å². The van der Waals surface area contributed by atoms with Crippen LogP contribution in [0.5, 0.6) is 0 Å². The molecule has 2 nitrogen and oxygen atoms in total. The number of aliphatic hydroxyl groups is 1. The maximum absolute atomic E-state index is 9.09. The lowest BCUT2D eigenvalue weighted by Gasteiger charge is -2.01. The Labute approximate surface area is 132 Å². The first-order valence-electron chi connectivity index (χ1n) is 9.04. The van der Waals surface area contributed by atoms with Gasteiger partial charge in [0.1, 0.15) is 6.10 Å². The summed E-state index contributed by atoms with van der Waals surface area (Å²) in [6.07, 6.45) is 21.2. The largest absolute Gasteiger partial charge is 0.378 e. The van der Waals surface area contributed by atoms with Gasteiger partial charge in [-0.25, -0.2) is 0 Å². The number of hydrogen-bond acceptors (Lipinski definition) is 2. The van der Waals surface area contributed by atoms with Crippen molar-refractivity contribution in [3.8, 4) is 6.07 Å². The molecule has 1 N–H and O–H groups in total. The van der Waals surface area contributed by atoms with Gasteiger partial charge in [0.15, 0.2) is 0 Å². The van der Waals surface area contributed by atoms with E-state index < -0.39 is 6.10 Å². The highest BCUT2D eigenvalue weighted by Gasteiger charge is 1.99. The highest BCUT2D eigenvalue weighted by molar-refractivity contribution is 4.82. The zero-order valence-corrected chi connectivity index (χ0v) is 14.0. The standard InChI is InChI=1S/C19H35NO/c1-2-3-4-5-6-7-8-9-10-11-12-13-14-15-16-17-19(21)18-20/h9-10,19,21H,2-8,11-17H2,1H3/b10-9-/t19-/m1/s1. The van der Waals surface area contributed by atoms with Gasteiger partial charge in [-0.2, -0.15) is 5.26 Å². The van der Waals surface area contributed by atoms with E-state index in [-0.39, 0.29) is 0 Å². The fraction of sp³-hybridized carbons (Fsp3) is 0.842. The summed E-state index contributed by atoms with van der Waals surface area (Å²) in [5.41, 5.74) is 0. The van der Waals surface area contributed by atoms with E-state index in [0.29, 0.717) is 6.42 Å². The quantitative estimate of drug-likeness (QED) is 0.232. The van der Waals surface area contributed by atoms with Gasteiger partial charge in [0.25, 0.3) is 0 Å². The molecule has 0 radical (unpaired) electrons. The average molecular weight is 293 g/mol. The number of aliphatic hydroxyl groups excluding tert-OH is 1. The lowest BCUT2D eigenvalue weighted by Crippen LogP contribution is -2.01. The molecule has 0 heterocycles. The maximum Gasteiger partial charge on any atom is 0.140 e. The second-order valence-electron chi connectivity index (χ2n) is 6.02. The van der Waals surface area contributed by atoms with Crippen molar-refractivity contribution >= 4 is 0 Å². The first-order chi connectivity index (χ1) is 10.3. The third kappa shape index (κ3) is 17.1. The minimum atomic E-state index is -0.755. The molecule has 0 aliphatic heterocycles. The van der Waals surface area contributed by atoms with Gasteiger partial charge in [0.05, 0.1) is 6.07 Å². The van der Waals surface area contributed by atoms with Crippen LogP contribution in [0, 0.1) is 11.3 Å². The van der Waals surface area contributed by atoms with Crippen molar-refractivity contribution in [2.75, 3.05) is 0 Å². The lowest BCUT2D eigenvalue weighted by molar-refractivity contribution is 0.215. The molecule has 0 saturated heterocycles. The Morgan fingerprint density at radius 3 is 1.81 bits per heavy atom. The molecule has 0 fully saturated rings. The van der Waals surface area contributed by atoms with Gasteiger partial charge < -0.3 is 5.11 Å². The minimum Gasteiger partial charge on any atom is -0.378 e. The second kappa shape index (κ2) is 17.2. The highest BCUT2D eigenvalue weighted by Crippen LogP contribution is 2.10. The predicted molar refractivity (Wildman–Crippen MR) is 91.1 cm³/mol. The average Bonchev–Trinajstić information content (AvgIpc) is 2.50. The number of hydrogen-bond donors (Lipinski definition) is 1. The molecular weight excluding hydrogens is 258 g/mol. The third-order valence-corrected chi connectivity index (χ3v) is 3.89. The summed E-state index contributed by atoms with van der Waals surface area (Å²) in [7, 11) is 0. The van der Waals surface area contributed by atoms with Crippen LogP contribution in [0.15, 0.2) is 12.2 Å². The summed E-state index contributed by atoms with van der Waals surface area (Å²) < 4.78 is 0. The molecule has 0 aromatic rings. The zero-order valence-electron chi connectivity index (χ0n) is 14.0. The van der Waals surface area contributed by atoms with Crippen molar-refractivity contribution in [1.82, 2.24) is 0 Å². The molecule has 0 aliphatic carbocycles. The Kier molecular flexibility index (Phi) is 16.6. The van der Waals surface area contributed by atoms with Crippen molar-refractivity contribution in [3.63, 3.8) is 0 Å². The summed E-state index contributed by atoms with van der Waals surface area (Å²) in [5, 5.41) is 17.5. The van der Waals surface area contributed by atoms with Crippen molar-refractivity contribution in [1.29, 1.82) is 5.26 Å². The van der Waals surface area contributed by atoms with Crippen LogP contribution in [0.4, 0.5) is 0 Å². The zero-order chi connectivity index (χ0) is 15.6. The fourth-order valence-corrected chi connectivity index (χ4v) is 2.47. The molecular formula is C19H35NO. The molecule has 0 aromatic heterocycles. The molecule has 21 heavy (non-hydrogen) atoms. The van der Waals surface area contributed by atoms with E-state index in [1.165, 1.54) is 70.6 Å². The maximum atomic E-state index is 9.09. The SMILES string of the molecule is CCCCCCCC/C=C\CCCCCCC[C@@H](O)C#N. The molecule has 0 amide bonds. The molecule has 0 aliphatic rings. The molecule has 0 unspecified atom stereocenters. The van der Waals surface area contributed by atoms with E-state index in [1.807, 2.05) is 6.07 Å². The molecule has 0 bridgehead atoms. The number of allylic oxidation sites excluding steroid dienone is 2. The van der Waals surface area contributed by atoms with Crippen molar-refractivity contribution in [2.24, 2.45) is 0 Å². The van der Waals surface area contributed by atoms with E-state index in [0.717, 1.165) is 12.8 Å². The topological polar surface area (TPSA) is 44.0 Å². The summed E-state index contributed by atoms with van der Waals surface area (Å²) in [6, 6.07) is 1.86. The molecule has 0 spiro atoms. The molecule has 0 saturated carbocycles. The highest BCUT2D eigenvalue weighted by atomic mass is 16.3. The minimum absolute atomic E-state index is 0.634.